The lowest BCUT2D eigenvalue weighted by atomic mass is 9.99. The van der Waals surface area contributed by atoms with E-state index >= 15 is 0 Å². The predicted molar refractivity (Wildman–Crippen MR) is 140 cm³/mol. The van der Waals surface area contributed by atoms with E-state index in [1.54, 1.807) is 23.1 Å². The zero-order valence-corrected chi connectivity index (χ0v) is 21.0. The minimum Gasteiger partial charge on any atom is -0.490 e. The normalized spacial score (nSPS) is 17.9. The topological polar surface area (TPSA) is 62.2 Å². The van der Waals surface area contributed by atoms with E-state index in [2.05, 4.69) is 11.0 Å². The minimum atomic E-state index is -0.647. The Morgan fingerprint density at radius 3 is 2.69 bits per heavy atom. The molecule has 0 saturated carbocycles. The molecule has 2 aromatic carbocycles. The molecule has 0 bridgehead atoms. The van der Waals surface area contributed by atoms with Crippen LogP contribution < -0.4 is 4.74 Å². The van der Waals surface area contributed by atoms with Crippen LogP contribution in [-0.2, 0) is 9.53 Å². The van der Waals surface area contributed by atoms with Gasteiger partial charge in [0.25, 0.3) is 0 Å². The molecule has 2 aliphatic heterocycles. The third-order valence-corrected chi connectivity index (χ3v) is 6.96. The van der Waals surface area contributed by atoms with Crippen molar-refractivity contribution < 1.29 is 19.4 Å². The lowest BCUT2D eigenvalue weighted by Gasteiger charge is -2.28. The first kappa shape index (κ1) is 25.7. The Bertz CT molecular complexity index is 1080. The molecule has 2 heterocycles. The largest absolute Gasteiger partial charge is 0.490 e. The van der Waals surface area contributed by atoms with E-state index < -0.39 is 6.10 Å². The number of amides is 1. The molecule has 8 heteroatoms. The Balaban J connectivity index is 1.28. The van der Waals surface area contributed by atoms with Crippen LogP contribution in [0.15, 0.2) is 54.6 Å². The van der Waals surface area contributed by atoms with E-state index in [9.17, 15) is 9.90 Å². The van der Waals surface area contributed by atoms with Crippen molar-refractivity contribution in [3.63, 3.8) is 0 Å². The number of carbonyl (C=O) groups excluding carboxylic acids is 1. The van der Waals surface area contributed by atoms with Crippen LogP contribution in [-0.4, -0.2) is 79.5 Å². The third-order valence-electron chi connectivity index (χ3n) is 6.14. The summed E-state index contributed by atoms with van der Waals surface area (Å²) < 4.78 is 11.2. The van der Waals surface area contributed by atoms with Crippen LogP contribution in [0.25, 0.3) is 11.6 Å². The fraction of sp³-hybridized carbons (Fsp3) is 0.370. The van der Waals surface area contributed by atoms with E-state index in [0.717, 1.165) is 30.6 Å². The standard InChI is InChI=1S/C27H30Cl2N2O4/c28-24-6-3-5-23(27(24)29)20-10-12-30(13-11-20)18-22(32)19-35-25-7-2-1-4-21(25)8-9-26(33)31-14-16-34-17-15-31/h1-10,22,32H,11-19H2. The van der Waals surface area contributed by atoms with Crippen molar-refractivity contribution in [2.75, 3.05) is 52.5 Å². The van der Waals surface area contributed by atoms with Crippen molar-refractivity contribution in [1.82, 2.24) is 9.80 Å². The number of hydrogen-bond acceptors (Lipinski definition) is 5. The second-order valence-electron chi connectivity index (χ2n) is 8.61. The number of nitrogens with zero attached hydrogens (tertiary/aromatic N) is 2. The van der Waals surface area contributed by atoms with E-state index in [-0.39, 0.29) is 12.5 Å². The predicted octanol–water partition coefficient (Wildman–Crippen LogP) is 4.39. The maximum Gasteiger partial charge on any atom is 0.246 e. The summed E-state index contributed by atoms with van der Waals surface area (Å²) in [6.07, 6.45) is 5.65. The number of aliphatic hydroxyl groups excluding tert-OH is 1. The molecule has 0 spiro atoms. The molecule has 1 saturated heterocycles. The first-order chi connectivity index (χ1) is 17.0. The monoisotopic (exact) mass is 516 g/mol. The van der Waals surface area contributed by atoms with Crippen LogP contribution in [0.5, 0.6) is 5.75 Å². The van der Waals surface area contributed by atoms with Crippen LogP contribution in [0.4, 0.5) is 0 Å². The van der Waals surface area contributed by atoms with Gasteiger partial charge in [0.05, 0.1) is 23.3 Å². The summed E-state index contributed by atoms with van der Waals surface area (Å²) in [5.41, 5.74) is 2.94. The Hall–Kier alpha value is -2.35. The SMILES string of the molecule is O=C(C=Cc1ccccc1OCC(O)CN1CC=C(c2cccc(Cl)c2Cl)CC1)N1CCOCC1. The molecule has 0 aliphatic carbocycles. The molecule has 1 unspecified atom stereocenters. The summed E-state index contributed by atoms with van der Waals surface area (Å²) in [6, 6.07) is 13.2. The molecule has 0 radical (unpaired) electrons. The van der Waals surface area contributed by atoms with Crippen molar-refractivity contribution in [3.8, 4) is 5.75 Å². The average Bonchev–Trinajstić information content (AvgIpc) is 2.89. The zero-order chi connectivity index (χ0) is 24.6. The summed E-state index contributed by atoms with van der Waals surface area (Å²) in [6.45, 7) is 4.54. The molecule has 2 aromatic rings. The number of ether oxygens (including phenoxy) is 2. The fourth-order valence-electron chi connectivity index (χ4n) is 4.21. The van der Waals surface area contributed by atoms with E-state index in [1.165, 1.54) is 5.57 Å². The molecule has 6 nitrogen and oxygen atoms in total. The highest BCUT2D eigenvalue weighted by Gasteiger charge is 2.19. The molecule has 35 heavy (non-hydrogen) atoms. The molecule has 4 rings (SSSR count). The van der Waals surface area contributed by atoms with E-state index in [0.29, 0.717) is 48.6 Å². The molecule has 1 amide bonds. The number of para-hydroxylation sites is 1. The van der Waals surface area contributed by atoms with Crippen molar-refractivity contribution in [2.45, 2.75) is 12.5 Å². The van der Waals surface area contributed by atoms with Crippen molar-refractivity contribution in [2.24, 2.45) is 0 Å². The molecule has 0 aromatic heterocycles. The van der Waals surface area contributed by atoms with Crippen molar-refractivity contribution in [3.05, 3.63) is 75.8 Å². The molecular formula is C27H30Cl2N2O4. The highest BCUT2D eigenvalue weighted by Crippen LogP contribution is 2.33. The van der Waals surface area contributed by atoms with Gasteiger partial charge in [-0.05, 0) is 35.8 Å². The van der Waals surface area contributed by atoms with Crippen LogP contribution in [0.3, 0.4) is 0 Å². The second-order valence-corrected chi connectivity index (χ2v) is 9.40. The fourth-order valence-corrected chi connectivity index (χ4v) is 4.63. The van der Waals surface area contributed by atoms with Gasteiger partial charge in [-0.2, -0.15) is 0 Å². The lowest BCUT2D eigenvalue weighted by molar-refractivity contribution is -0.129. The molecular weight excluding hydrogens is 487 g/mol. The van der Waals surface area contributed by atoms with Gasteiger partial charge in [-0.25, -0.2) is 0 Å². The number of benzene rings is 2. The van der Waals surface area contributed by atoms with Gasteiger partial charge in [0.15, 0.2) is 0 Å². The van der Waals surface area contributed by atoms with Crippen LogP contribution >= 0.6 is 23.2 Å². The molecule has 2 aliphatic rings. The van der Waals surface area contributed by atoms with Gasteiger partial charge in [-0.1, -0.05) is 59.6 Å². The molecule has 1 fully saturated rings. The first-order valence-corrected chi connectivity index (χ1v) is 12.6. The molecule has 1 atom stereocenters. The average molecular weight is 517 g/mol. The summed E-state index contributed by atoms with van der Waals surface area (Å²) in [4.78, 5) is 16.4. The zero-order valence-electron chi connectivity index (χ0n) is 19.5. The van der Waals surface area contributed by atoms with Crippen molar-refractivity contribution >= 4 is 40.8 Å². The molecule has 186 valence electrons. The maximum atomic E-state index is 12.4. The number of hydrogen-bond donors (Lipinski definition) is 1. The van der Waals surface area contributed by atoms with Gasteiger partial charge in [0.1, 0.15) is 18.5 Å². The smallest absolute Gasteiger partial charge is 0.246 e. The van der Waals surface area contributed by atoms with Crippen LogP contribution in [0.1, 0.15) is 17.5 Å². The number of morpholine rings is 1. The van der Waals surface area contributed by atoms with Gasteiger partial charge in [0, 0.05) is 44.4 Å². The third kappa shape index (κ3) is 7.09. The summed E-state index contributed by atoms with van der Waals surface area (Å²) in [5.74, 6) is 0.591. The molecule has 1 N–H and O–H groups in total. The van der Waals surface area contributed by atoms with Gasteiger partial charge in [-0.3, -0.25) is 9.69 Å². The summed E-state index contributed by atoms with van der Waals surface area (Å²) in [7, 11) is 0. The number of halogens is 2. The Kier molecular flexibility index (Phi) is 9.24. The summed E-state index contributed by atoms with van der Waals surface area (Å²) >= 11 is 12.5. The number of carbonyl (C=O) groups is 1. The van der Waals surface area contributed by atoms with Gasteiger partial charge < -0.3 is 19.5 Å². The number of rotatable bonds is 8. The van der Waals surface area contributed by atoms with Gasteiger partial charge in [-0.15, -0.1) is 0 Å². The van der Waals surface area contributed by atoms with Gasteiger partial charge >= 0.3 is 0 Å². The van der Waals surface area contributed by atoms with Crippen LogP contribution in [0.2, 0.25) is 10.0 Å². The maximum absolute atomic E-state index is 12.4. The van der Waals surface area contributed by atoms with E-state index in [4.69, 9.17) is 32.7 Å². The second kappa shape index (κ2) is 12.6. The van der Waals surface area contributed by atoms with Crippen molar-refractivity contribution in [1.29, 1.82) is 0 Å². The highest BCUT2D eigenvalue weighted by atomic mass is 35.5. The highest BCUT2D eigenvalue weighted by molar-refractivity contribution is 6.43. The van der Waals surface area contributed by atoms with E-state index in [1.807, 2.05) is 36.4 Å². The minimum absolute atomic E-state index is 0.0419. The number of β-amino-alcohol motifs (C(OH)–C–C–N with tert-alkyl or cyclic N) is 1. The van der Waals surface area contributed by atoms with Gasteiger partial charge in [0.2, 0.25) is 5.91 Å². The Morgan fingerprint density at radius 2 is 1.91 bits per heavy atom. The summed E-state index contributed by atoms with van der Waals surface area (Å²) in [5, 5.41) is 11.7. The lowest BCUT2D eigenvalue weighted by Crippen LogP contribution is -2.39. The number of aliphatic hydroxyl groups is 1. The Morgan fingerprint density at radius 1 is 1.11 bits per heavy atom. The van der Waals surface area contributed by atoms with Crippen LogP contribution in [0, 0.1) is 0 Å². The Labute approximate surface area is 216 Å². The quantitative estimate of drug-likeness (QED) is 0.527. The first-order valence-electron chi connectivity index (χ1n) is 11.8.